The summed E-state index contributed by atoms with van der Waals surface area (Å²) in [6, 6.07) is 0. The van der Waals surface area contributed by atoms with E-state index in [0.717, 1.165) is 5.25 Å². The topological polar surface area (TPSA) is 0 Å². The molecule has 1 aliphatic heterocycles. The molecule has 0 aliphatic carbocycles. The fourth-order valence-electron chi connectivity index (χ4n) is 0.275. The van der Waals surface area contributed by atoms with Crippen molar-refractivity contribution in [3.05, 3.63) is 0 Å². The van der Waals surface area contributed by atoms with Gasteiger partial charge < -0.3 is 0 Å². The van der Waals surface area contributed by atoms with Crippen LogP contribution in [0.4, 0.5) is 0 Å². The minimum absolute atomic E-state index is 1.02. The Bertz CT molecular complexity index is 41.3. The molecule has 0 bridgehead atoms. The Balaban J connectivity index is 2.01. The first kappa shape index (κ1) is 5.65. The summed E-state index contributed by atoms with van der Waals surface area (Å²) < 4.78 is 0. The molecule has 0 aromatic heterocycles. The van der Waals surface area contributed by atoms with E-state index in [-0.39, 0.29) is 0 Å². The van der Waals surface area contributed by atoms with Crippen molar-refractivity contribution in [1.29, 1.82) is 0 Å². The summed E-state index contributed by atoms with van der Waals surface area (Å²) in [7, 11) is 2.04. The monoisotopic (exact) mass is 226 g/mol. The standard InChI is InChI=1S/C3H6S2.Sb/c4-3-1-5-2-3;/h3-4H,1-2H2;/q;+1/p-1. The Morgan fingerprint density at radius 3 is 2.33 bits per heavy atom. The van der Waals surface area contributed by atoms with E-state index in [1.165, 1.54) is 11.5 Å². The molecule has 0 unspecified atom stereocenters. The first-order valence-electron chi connectivity index (χ1n) is 1.81. The van der Waals surface area contributed by atoms with Crippen LogP contribution in [-0.2, 0) is 0 Å². The van der Waals surface area contributed by atoms with Gasteiger partial charge in [0, 0.05) is 0 Å². The van der Waals surface area contributed by atoms with Gasteiger partial charge in [0.2, 0.25) is 0 Å². The summed E-state index contributed by atoms with van der Waals surface area (Å²) in [4.78, 5) is 0. The summed E-state index contributed by atoms with van der Waals surface area (Å²) >= 11 is 3.94. The molecule has 34 valence electrons. The summed E-state index contributed by atoms with van der Waals surface area (Å²) in [5, 5.41) is 1.02. The van der Waals surface area contributed by atoms with Gasteiger partial charge in [0.25, 0.3) is 0 Å². The van der Waals surface area contributed by atoms with E-state index < -0.39 is 0 Å². The van der Waals surface area contributed by atoms with Crippen LogP contribution in [0.3, 0.4) is 0 Å². The third-order valence-electron chi connectivity index (χ3n) is 0.757. The minimum atomic E-state index is 1.02. The second-order valence-corrected chi connectivity index (χ2v) is 5.02. The predicted molar refractivity (Wildman–Crippen MR) is 34.5 cm³/mol. The maximum atomic E-state index is 2.06. The summed E-state index contributed by atoms with van der Waals surface area (Å²) in [5.74, 6) is 2.81. The molecule has 0 aromatic rings. The van der Waals surface area contributed by atoms with Gasteiger partial charge in [0.1, 0.15) is 0 Å². The van der Waals surface area contributed by atoms with Crippen molar-refractivity contribution >= 4 is 42.2 Å². The van der Waals surface area contributed by atoms with Gasteiger partial charge in [-0.2, -0.15) is 0 Å². The van der Waals surface area contributed by atoms with Crippen LogP contribution in [0.5, 0.6) is 0 Å². The Kier molecular flexibility index (Phi) is 2.58. The van der Waals surface area contributed by atoms with Crippen molar-refractivity contribution in [3.63, 3.8) is 0 Å². The fourth-order valence-corrected chi connectivity index (χ4v) is 4.89. The molecule has 0 nitrogen and oxygen atoms in total. The van der Waals surface area contributed by atoms with Crippen LogP contribution in [0.15, 0.2) is 0 Å². The quantitative estimate of drug-likeness (QED) is 0.611. The first-order chi connectivity index (χ1) is 2.93. The van der Waals surface area contributed by atoms with E-state index >= 15 is 0 Å². The Morgan fingerprint density at radius 2 is 2.33 bits per heavy atom. The zero-order chi connectivity index (χ0) is 4.41. The molecule has 1 rings (SSSR count). The molecule has 0 atom stereocenters. The van der Waals surface area contributed by atoms with E-state index in [9.17, 15) is 0 Å². The van der Waals surface area contributed by atoms with Crippen molar-refractivity contribution in [2.24, 2.45) is 0 Å². The number of hydrogen-bond acceptors (Lipinski definition) is 2. The molecule has 1 aliphatic rings. The first-order valence-corrected chi connectivity index (χ1v) is 6.93. The van der Waals surface area contributed by atoms with Gasteiger partial charge in [0.15, 0.2) is 0 Å². The third-order valence-corrected chi connectivity index (χ3v) is 5.64. The van der Waals surface area contributed by atoms with E-state index in [1.54, 1.807) is 0 Å². The van der Waals surface area contributed by atoms with E-state index in [1.807, 2.05) is 30.5 Å². The van der Waals surface area contributed by atoms with E-state index in [0.29, 0.717) is 0 Å². The SMILES string of the molecule is [Sb][S]C1CSC1. The maximum absolute atomic E-state index is 2.06. The number of hydrogen-bond donors (Lipinski definition) is 0. The Morgan fingerprint density at radius 1 is 1.67 bits per heavy atom. The fraction of sp³-hybridized carbons (Fsp3) is 1.00. The van der Waals surface area contributed by atoms with Crippen molar-refractivity contribution in [3.8, 4) is 0 Å². The molecule has 0 saturated carbocycles. The van der Waals surface area contributed by atoms with Gasteiger partial charge in [-0.05, 0) is 0 Å². The molecule has 3 heteroatoms. The second kappa shape index (κ2) is 2.74. The summed E-state index contributed by atoms with van der Waals surface area (Å²) in [6.07, 6.45) is 0. The van der Waals surface area contributed by atoms with Crippen molar-refractivity contribution < 1.29 is 0 Å². The van der Waals surface area contributed by atoms with Crippen LogP contribution in [0.2, 0.25) is 0 Å². The van der Waals surface area contributed by atoms with Crippen LogP contribution in [-0.4, -0.2) is 38.4 Å². The zero-order valence-corrected chi connectivity index (χ0v) is 7.44. The average Bonchev–Trinajstić information content (AvgIpc) is 1.31. The van der Waals surface area contributed by atoms with Crippen molar-refractivity contribution in [2.75, 3.05) is 11.5 Å². The molecule has 0 aromatic carbocycles. The normalized spacial score (nSPS) is 23.5. The third kappa shape index (κ3) is 1.24. The molecular formula is C3H5S2Sb. The molecule has 0 amide bonds. The van der Waals surface area contributed by atoms with Crippen LogP contribution in [0, 0.1) is 0 Å². The molecule has 1 saturated heterocycles. The van der Waals surface area contributed by atoms with Crippen molar-refractivity contribution in [2.45, 2.75) is 5.25 Å². The molecule has 2 radical (unpaired) electrons. The summed E-state index contributed by atoms with van der Waals surface area (Å²) in [6.45, 7) is 0. The van der Waals surface area contributed by atoms with Crippen LogP contribution in [0.25, 0.3) is 0 Å². The molecular weight excluding hydrogens is 222 g/mol. The summed E-state index contributed by atoms with van der Waals surface area (Å²) in [5.41, 5.74) is 0. The van der Waals surface area contributed by atoms with Crippen molar-refractivity contribution in [1.82, 2.24) is 0 Å². The Labute approximate surface area is 58.7 Å². The van der Waals surface area contributed by atoms with Gasteiger partial charge in [-0.15, -0.1) is 0 Å². The van der Waals surface area contributed by atoms with Gasteiger partial charge in [-0.25, -0.2) is 0 Å². The van der Waals surface area contributed by atoms with Crippen LogP contribution >= 0.6 is 20.6 Å². The van der Waals surface area contributed by atoms with E-state index in [4.69, 9.17) is 0 Å². The van der Waals surface area contributed by atoms with Gasteiger partial charge in [-0.1, -0.05) is 0 Å². The van der Waals surface area contributed by atoms with Crippen LogP contribution in [0.1, 0.15) is 0 Å². The number of thioether (sulfide) groups is 1. The van der Waals surface area contributed by atoms with Gasteiger partial charge in [0.05, 0.1) is 0 Å². The molecule has 1 fully saturated rings. The molecule has 0 spiro atoms. The van der Waals surface area contributed by atoms with Crippen LogP contribution < -0.4 is 0 Å². The van der Waals surface area contributed by atoms with Gasteiger partial charge >= 0.3 is 59.0 Å². The predicted octanol–water partition coefficient (Wildman–Crippen LogP) is 0.918. The molecule has 1 heterocycles. The number of rotatable bonds is 1. The second-order valence-electron chi connectivity index (χ2n) is 1.26. The average molecular weight is 227 g/mol. The molecule has 6 heavy (non-hydrogen) atoms. The van der Waals surface area contributed by atoms with E-state index in [2.05, 4.69) is 11.8 Å². The Hall–Kier alpha value is 1.52. The molecule has 0 N–H and O–H groups in total. The zero-order valence-electron chi connectivity index (χ0n) is 3.26. The van der Waals surface area contributed by atoms with Gasteiger partial charge in [-0.3, -0.25) is 0 Å².